The lowest BCUT2D eigenvalue weighted by Gasteiger charge is -2.32. The fourth-order valence-electron chi connectivity index (χ4n) is 5.92. The highest BCUT2D eigenvalue weighted by molar-refractivity contribution is 7.89. The molecular weight excluding hydrogens is 694 g/mol. The first-order valence-electron chi connectivity index (χ1n) is 16.7. The van der Waals surface area contributed by atoms with Crippen LogP contribution in [0.1, 0.15) is 62.1 Å². The second-order valence-corrected chi connectivity index (χ2v) is 15.8. The predicted molar refractivity (Wildman–Crippen MR) is 197 cm³/mol. The topological polar surface area (TPSA) is 177 Å². The van der Waals surface area contributed by atoms with Crippen LogP contribution in [0.15, 0.2) is 88.7 Å². The first kappa shape index (κ1) is 39.4. The van der Waals surface area contributed by atoms with Gasteiger partial charge in [0.15, 0.2) is 5.78 Å². The van der Waals surface area contributed by atoms with E-state index in [1.807, 2.05) is 44.2 Å². The zero-order valence-corrected chi connectivity index (χ0v) is 30.9. The van der Waals surface area contributed by atoms with Crippen LogP contribution >= 0.6 is 11.6 Å². The molecule has 14 heteroatoms. The third-order valence-electron chi connectivity index (χ3n) is 8.51. The van der Waals surface area contributed by atoms with Crippen LogP contribution < -0.4 is 16.7 Å². The van der Waals surface area contributed by atoms with Gasteiger partial charge in [0.05, 0.1) is 40.5 Å². The standard InChI is InChI=1S/C37H46ClN5O7S/c1-23(2)19-41(51(49,50)29-14-15-30(38)31(39)18-29)21-33(45)32(17-26-10-7-6-8-11-26)40-36(47)35(24(3)4)43-22-34(46)42(37(43)48)20-27-12-9-13-28(16-27)25(5)44/h6-16,18,22-24,32-33,35,45-46H,17,19-21,39H2,1-5H3,(H,40,47)/t32-,33+,35-/m0/s1. The molecule has 4 aromatic rings. The maximum Gasteiger partial charge on any atom is 0.332 e. The van der Waals surface area contributed by atoms with Crippen LogP contribution in [0.5, 0.6) is 5.88 Å². The van der Waals surface area contributed by atoms with Crippen LogP contribution in [-0.2, 0) is 27.8 Å². The number of halogens is 1. The van der Waals surface area contributed by atoms with Crippen molar-refractivity contribution in [3.8, 4) is 5.88 Å². The molecule has 0 radical (unpaired) electrons. The molecule has 12 nitrogen and oxygen atoms in total. The van der Waals surface area contributed by atoms with Gasteiger partial charge in [-0.3, -0.25) is 18.7 Å². The van der Waals surface area contributed by atoms with E-state index in [-0.39, 0.29) is 59.2 Å². The molecule has 1 aromatic heterocycles. The molecule has 1 amide bonds. The molecule has 0 aliphatic carbocycles. The number of amides is 1. The van der Waals surface area contributed by atoms with Crippen LogP contribution in [-0.4, -0.2) is 69.0 Å². The van der Waals surface area contributed by atoms with Crippen LogP contribution in [0.3, 0.4) is 0 Å². The van der Waals surface area contributed by atoms with Crippen molar-refractivity contribution in [2.75, 3.05) is 18.8 Å². The summed E-state index contributed by atoms with van der Waals surface area (Å²) in [4.78, 5) is 39.6. The quantitative estimate of drug-likeness (QED) is 0.0961. The zero-order valence-electron chi connectivity index (χ0n) is 29.4. The molecule has 0 aliphatic heterocycles. The summed E-state index contributed by atoms with van der Waals surface area (Å²) in [6.07, 6.45) is -0.0440. The molecule has 51 heavy (non-hydrogen) atoms. The number of imidazole rings is 1. The average Bonchev–Trinajstić information content (AvgIpc) is 3.33. The van der Waals surface area contributed by atoms with Crippen molar-refractivity contribution in [1.29, 1.82) is 0 Å². The number of Topliss-reactive ketones (excluding diaryl/α,β-unsaturated/α-hetero) is 1. The number of aliphatic hydroxyl groups is 1. The summed E-state index contributed by atoms with van der Waals surface area (Å²) in [5.74, 6) is -1.68. The normalized spacial score (nSPS) is 13.8. The van der Waals surface area contributed by atoms with Gasteiger partial charge in [-0.05, 0) is 60.6 Å². The average molecular weight is 740 g/mol. The van der Waals surface area contributed by atoms with Crippen molar-refractivity contribution in [3.63, 3.8) is 0 Å². The first-order chi connectivity index (χ1) is 24.0. The van der Waals surface area contributed by atoms with Gasteiger partial charge < -0.3 is 21.3 Å². The minimum atomic E-state index is -4.15. The predicted octanol–water partition coefficient (Wildman–Crippen LogP) is 4.47. The SMILES string of the molecule is CC(=O)c1cccc(Cn2c(O)cn([C@H](C(=O)N[C@@H](Cc3ccccc3)[C@H](O)CN(CC(C)C)S(=O)(=O)c3ccc(Cl)c(N)c3)C(C)C)c2=O)c1. The first-order valence-corrected chi connectivity index (χ1v) is 18.5. The number of aromatic nitrogens is 2. The van der Waals surface area contributed by atoms with Crippen LogP contribution in [0.4, 0.5) is 5.69 Å². The lowest BCUT2D eigenvalue weighted by atomic mass is 9.98. The van der Waals surface area contributed by atoms with E-state index in [1.165, 1.54) is 35.6 Å². The van der Waals surface area contributed by atoms with Gasteiger partial charge >= 0.3 is 5.69 Å². The van der Waals surface area contributed by atoms with E-state index in [1.54, 1.807) is 38.1 Å². The van der Waals surface area contributed by atoms with Crippen molar-refractivity contribution in [2.24, 2.45) is 11.8 Å². The summed E-state index contributed by atoms with van der Waals surface area (Å²) < 4.78 is 31.1. The molecule has 1 heterocycles. The van der Waals surface area contributed by atoms with Gasteiger partial charge in [-0.1, -0.05) is 87.8 Å². The fraction of sp³-hybridized carbons (Fsp3) is 0.378. The Hall–Kier alpha value is -4.43. The van der Waals surface area contributed by atoms with Gasteiger partial charge in [-0.25, -0.2) is 13.2 Å². The number of nitrogens with two attached hydrogens (primary N) is 1. The van der Waals surface area contributed by atoms with E-state index in [2.05, 4.69) is 5.32 Å². The van der Waals surface area contributed by atoms with Crippen molar-refractivity contribution in [2.45, 2.75) is 70.7 Å². The molecule has 3 atom stereocenters. The van der Waals surface area contributed by atoms with Crippen molar-refractivity contribution in [3.05, 3.63) is 111 Å². The van der Waals surface area contributed by atoms with E-state index in [0.29, 0.717) is 11.1 Å². The number of aliphatic hydroxyl groups excluding tert-OH is 1. The van der Waals surface area contributed by atoms with E-state index >= 15 is 0 Å². The number of benzene rings is 3. The molecule has 3 aromatic carbocycles. The minimum absolute atomic E-state index is 0.0417. The Bertz CT molecular complexity index is 2010. The summed E-state index contributed by atoms with van der Waals surface area (Å²) in [6, 6.07) is 17.8. The molecule has 0 bridgehead atoms. The highest BCUT2D eigenvalue weighted by atomic mass is 35.5. The lowest BCUT2D eigenvalue weighted by molar-refractivity contribution is -0.127. The van der Waals surface area contributed by atoms with Gasteiger partial charge in [0.1, 0.15) is 6.04 Å². The van der Waals surface area contributed by atoms with E-state index in [4.69, 9.17) is 17.3 Å². The summed E-state index contributed by atoms with van der Waals surface area (Å²) in [5.41, 5.74) is 7.21. The monoisotopic (exact) mass is 739 g/mol. The van der Waals surface area contributed by atoms with Gasteiger partial charge in [-0.15, -0.1) is 0 Å². The highest BCUT2D eigenvalue weighted by Gasteiger charge is 2.34. The second-order valence-electron chi connectivity index (χ2n) is 13.5. The molecule has 274 valence electrons. The fourth-order valence-corrected chi connectivity index (χ4v) is 7.70. The number of carbonyl (C=O) groups excluding carboxylic acids is 2. The smallest absolute Gasteiger partial charge is 0.332 e. The van der Waals surface area contributed by atoms with Gasteiger partial charge in [0.2, 0.25) is 21.8 Å². The highest BCUT2D eigenvalue weighted by Crippen LogP contribution is 2.26. The number of nitrogen functional groups attached to an aromatic ring is 1. The summed E-state index contributed by atoms with van der Waals surface area (Å²) in [7, 11) is -4.15. The number of rotatable bonds is 16. The Morgan fingerprint density at radius 1 is 0.961 bits per heavy atom. The summed E-state index contributed by atoms with van der Waals surface area (Å²) in [5, 5.41) is 25.7. The largest absolute Gasteiger partial charge is 0.493 e. The number of nitrogens with one attached hydrogen (secondary N) is 1. The van der Waals surface area contributed by atoms with Gasteiger partial charge in [0.25, 0.3) is 0 Å². The number of carbonyl (C=O) groups is 2. The minimum Gasteiger partial charge on any atom is -0.493 e. The number of anilines is 1. The number of sulfonamides is 1. The zero-order chi connectivity index (χ0) is 37.6. The molecule has 0 saturated carbocycles. The number of ketones is 1. The second kappa shape index (κ2) is 16.7. The maximum atomic E-state index is 14.1. The van der Waals surface area contributed by atoms with E-state index in [9.17, 15) is 33.0 Å². The molecule has 0 aliphatic rings. The Balaban J connectivity index is 1.66. The van der Waals surface area contributed by atoms with Gasteiger partial charge in [0, 0.05) is 18.7 Å². The Morgan fingerprint density at radius 3 is 2.24 bits per heavy atom. The number of aromatic hydroxyl groups is 1. The lowest BCUT2D eigenvalue weighted by Crippen LogP contribution is -2.53. The van der Waals surface area contributed by atoms with E-state index < -0.39 is 45.7 Å². The molecule has 0 saturated heterocycles. The van der Waals surface area contributed by atoms with Crippen molar-refractivity contribution >= 4 is 39.0 Å². The number of hydrogen-bond acceptors (Lipinski definition) is 8. The van der Waals surface area contributed by atoms with Crippen LogP contribution in [0, 0.1) is 11.8 Å². The Kier molecular flexibility index (Phi) is 12.9. The Morgan fingerprint density at radius 2 is 1.63 bits per heavy atom. The number of nitrogens with zero attached hydrogens (tertiary/aromatic N) is 3. The van der Waals surface area contributed by atoms with Crippen molar-refractivity contribution in [1.82, 2.24) is 18.8 Å². The molecule has 4 rings (SSSR count). The third-order valence-corrected chi connectivity index (χ3v) is 10.7. The summed E-state index contributed by atoms with van der Waals surface area (Å²) >= 11 is 6.05. The van der Waals surface area contributed by atoms with Gasteiger partial charge in [-0.2, -0.15) is 4.31 Å². The maximum absolute atomic E-state index is 14.1. The Labute approximate surface area is 303 Å². The summed E-state index contributed by atoms with van der Waals surface area (Å²) in [6.45, 7) is 8.30. The molecular formula is C37H46ClN5O7S. The third kappa shape index (κ3) is 9.67. The van der Waals surface area contributed by atoms with E-state index in [0.717, 1.165) is 14.7 Å². The van der Waals surface area contributed by atoms with Crippen LogP contribution in [0.2, 0.25) is 5.02 Å². The molecule has 5 N–H and O–H groups in total. The van der Waals surface area contributed by atoms with Crippen LogP contribution in [0.25, 0.3) is 0 Å². The molecule has 0 fully saturated rings. The molecule has 0 spiro atoms. The molecule has 0 unspecified atom stereocenters. The van der Waals surface area contributed by atoms with Crippen molar-refractivity contribution < 1.29 is 28.2 Å². The number of hydrogen-bond donors (Lipinski definition) is 4.